The molecule has 1 atom stereocenters. The van der Waals surface area contributed by atoms with Gasteiger partial charge in [-0.3, -0.25) is 14.9 Å². The molecule has 21 heavy (non-hydrogen) atoms. The Morgan fingerprint density at radius 1 is 1.43 bits per heavy atom. The molecule has 1 aromatic carbocycles. The number of carbonyl (C=O) groups excluding carboxylic acids is 1. The fourth-order valence-corrected chi connectivity index (χ4v) is 1.29. The van der Waals surface area contributed by atoms with Gasteiger partial charge in [-0.15, -0.1) is 0 Å². The number of nitro groups is 1. The van der Waals surface area contributed by atoms with Gasteiger partial charge in [0.15, 0.2) is 5.54 Å². The highest BCUT2D eigenvalue weighted by atomic mass is 19.4. The summed E-state index contributed by atoms with van der Waals surface area (Å²) >= 11 is 0. The number of hydrogen-bond acceptors (Lipinski definition) is 5. The first kappa shape index (κ1) is 16.7. The first-order chi connectivity index (χ1) is 9.50. The van der Waals surface area contributed by atoms with Crippen LogP contribution in [-0.4, -0.2) is 29.7 Å². The topological polar surface area (TPSA) is 107 Å². The highest BCUT2D eigenvalue weighted by Gasteiger charge is 2.54. The number of halogens is 3. The molecule has 0 spiro atoms. The number of benzene rings is 1. The van der Waals surface area contributed by atoms with Crippen molar-refractivity contribution in [2.24, 2.45) is 5.73 Å². The highest BCUT2D eigenvalue weighted by molar-refractivity contribution is 5.99. The van der Waals surface area contributed by atoms with Crippen molar-refractivity contribution in [1.29, 1.82) is 0 Å². The van der Waals surface area contributed by atoms with Crippen molar-refractivity contribution in [1.82, 2.24) is 0 Å². The minimum absolute atomic E-state index is 0.0353. The van der Waals surface area contributed by atoms with E-state index in [1.165, 1.54) is 7.11 Å². The van der Waals surface area contributed by atoms with E-state index in [0.717, 1.165) is 18.2 Å². The molecule has 0 heterocycles. The molecule has 1 amide bonds. The third-order valence-corrected chi connectivity index (χ3v) is 2.70. The summed E-state index contributed by atoms with van der Waals surface area (Å²) in [5, 5.41) is 12.5. The maximum atomic E-state index is 12.7. The molecular formula is C11H12F3N3O4. The molecule has 1 aromatic rings. The van der Waals surface area contributed by atoms with Crippen LogP contribution in [-0.2, 0) is 4.79 Å². The first-order valence-electron chi connectivity index (χ1n) is 5.50. The number of hydrogen-bond donors (Lipinski definition) is 2. The van der Waals surface area contributed by atoms with E-state index in [0.29, 0.717) is 6.92 Å². The molecule has 0 bridgehead atoms. The van der Waals surface area contributed by atoms with Crippen molar-refractivity contribution in [3.05, 3.63) is 28.3 Å². The number of rotatable bonds is 4. The zero-order valence-corrected chi connectivity index (χ0v) is 11.0. The second-order valence-corrected chi connectivity index (χ2v) is 4.30. The zero-order valence-electron chi connectivity index (χ0n) is 11.0. The van der Waals surface area contributed by atoms with Crippen LogP contribution in [0.4, 0.5) is 24.5 Å². The quantitative estimate of drug-likeness (QED) is 0.651. The number of amides is 1. The fourth-order valence-electron chi connectivity index (χ4n) is 1.29. The number of non-ortho nitro benzene ring substituents is 1. The van der Waals surface area contributed by atoms with Crippen molar-refractivity contribution in [3.8, 4) is 5.75 Å². The normalized spacial score (nSPS) is 14.2. The Morgan fingerprint density at radius 2 is 2.00 bits per heavy atom. The second-order valence-electron chi connectivity index (χ2n) is 4.30. The lowest BCUT2D eigenvalue weighted by Gasteiger charge is -2.26. The van der Waals surface area contributed by atoms with E-state index >= 15 is 0 Å². The second kappa shape index (κ2) is 5.56. The molecule has 0 aliphatic heterocycles. The van der Waals surface area contributed by atoms with Crippen LogP contribution in [0, 0.1) is 10.1 Å². The summed E-state index contributed by atoms with van der Waals surface area (Å²) in [5.74, 6) is -1.60. The number of nitrogens with zero attached hydrogens (tertiary/aromatic N) is 1. The Balaban J connectivity index is 3.15. The van der Waals surface area contributed by atoms with E-state index in [-0.39, 0.29) is 11.4 Å². The lowest BCUT2D eigenvalue weighted by molar-refractivity contribution is -0.384. The average Bonchev–Trinajstić information content (AvgIpc) is 2.37. The third-order valence-electron chi connectivity index (χ3n) is 2.70. The van der Waals surface area contributed by atoms with E-state index in [1.54, 1.807) is 0 Å². The molecule has 0 aliphatic carbocycles. The molecule has 0 saturated heterocycles. The van der Waals surface area contributed by atoms with E-state index in [1.807, 2.05) is 5.32 Å². The minimum atomic E-state index is -4.98. The summed E-state index contributed by atoms with van der Waals surface area (Å²) in [6.45, 7) is 0.492. The van der Waals surface area contributed by atoms with Crippen molar-refractivity contribution >= 4 is 17.3 Å². The van der Waals surface area contributed by atoms with Crippen molar-refractivity contribution in [3.63, 3.8) is 0 Å². The standard InChI is InChI=1S/C11H12F3N3O4/c1-10(15,11(12,13)14)9(18)16-7-5-6(17(19)20)3-4-8(7)21-2/h3-5H,15H2,1-2H3,(H,16,18). The summed E-state index contributed by atoms with van der Waals surface area (Å²) in [6.07, 6.45) is -4.98. The molecule has 1 rings (SSSR count). The van der Waals surface area contributed by atoms with E-state index in [2.05, 4.69) is 0 Å². The Kier molecular flexibility index (Phi) is 4.42. The predicted octanol–water partition coefficient (Wildman–Crippen LogP) is 1.82. The molecular weight excluding hydrogens is 295 g/mol. The third kappa shape index (κ3) is 3.40. The largest absolute Gasteiger partial charge is 0.495 e. The number of carbonyl (C=O) groups is 1. The maximum absolute atomic E-state index is 12.7. The van der Waals surface area contributed by atoms with Gasteiger partial charge in [0.1, 0.15) is 5.75 Å². The SMILES string of the molecule is COc1ccc([N+](=O)[O-])cc1NC(=O)C(C)(N)C(F)(F)F. The van der Waals surface area contributed by atoms with E-state index < -0.39 is 28.2 Å². The molecule has 10 heteroatoms. The van der Waals surface area contributed by atoms with Gasteiger partial charge in [0, 0.05) is 12.1 Å². The van der Waals surface area contributed by atoms with Crippen LogP contribution in [0.3, 0.4) is 0 Å². The van der Waals surface area contributed by atoms with Crippen LogP contribution in [0.1, 0.15) is 6.92 Å². The molecule has 1 unspecified atom stereocenters. The number of ether oxygens (including phenoxy) is 1. The number of methoxy groups -OCH3 is 1. The zero-order chi connectivity index (χ0) is 16.4. The van der Waals surface area contributed by atoms with Gasteiger partial charge in [0.05, 0.1) is 17.7 Å². The molecule has 0 aliphatic rings. The van der Waals surface area contributed by atoms with Gasteiger partial charge in [-0.2, -0.15) is 13.2 Å². The number of nitrogens with two attached hydrogens (primary N) is 1. The average molecular weight is 307 g/mol. The van der Waals surface area contributed by atoms with Gasteiger partial charge >= 0.3 is 6.18 Å². The van der Waals surface area contributed by atoms with Gasteiger partial charge in [-0.1, -0.05) is 0 Å². The highest BCUT2D eigenvalue weighted by Crippen LogP contribution is 2.32. The van der Waals surface area contributed by atoms with E-state index in [4.69, 9.17) is 10.5 Å². The number of anilines is 1. The van der Waals surface area contributed by atoms with E-state index in [9.17, 15) is 28.1 Å². The molecule has 3 N–H and O–H groups in total. The van der Waals surface area contributed by atoms with Crippen molar-refractivity contribution in [2.75, 3.05) is 12.4 Å². The Hall–Kier alpha value is -2.36. The Labute approximate surface area is 117 Å². The van der Waals surface area contributed by atoms with Gasteiger partial charge in [0.2, 0.25) is 0 Å². The fraction of sp³-hybridized carbons (Fsp3) is 0.364. The minimum Gasteiger partial charge on any atom is -0.495 e. The van der Waals surface area contributed by atoms with Gasteiger partial charge in [-0.25, -0.2) is 0 Å². The van der Waals surface area contributed by atoms with Gasteiger partial charge in [0.25, 0.3) is 11.6 Å². The van der Waals surface area contributed by atoms with Crippen molar-refractivity contribution in [2.45, 2.75) is 18.6 Å². The van der Waals surface area contributed by atoms with Gasteiger partial charge in [-0.05, 0) is 13.0 Å². The molecule has 0 radical (unpaired) electrons. The van der Waals surface area contributed by atoms with Crippen LogP contribution in [0.15, 0.2) is 18.2 Å². The van der Waals surface area contributed by atoms with Crippen LogP contribution in [0.2, 0.25) is 0 Å². The summed E-state index contributed by atoms with van der Waals surface area (Å²) in [4.78, 5) is 21.5. The predicted molar refractivity (Wildman–Crippen MR) is 66.9 cm³/mol. The smallest absolute Gasteiger partial charge is 0.415 e. The maximum Gasteiger partial charge on any atom is 0.415 e. The number of nitro benzene ring substituents is 1. The monoisotopic (exact) mass is 307 g/mol. The van der Waals surface area contributed by atoms with Crippen LogP contribution in [0.25, 0.3) is 0 Å². The lowest BCUT2D eigenvalue weighted by atomic mass is 10.0. The first-order valence-corrected chi connectivity index (χ1v) is 5.50. The number of nitrogens with one attached hydrogen (secondary N) is 1. The number of alkyl halides is 3. The molecule has 0 fully saturated rings. The molecule has 116 valence electrons. The lowest BCUT2D eigenvalue weighted by Crippen LogP contribution is -2.59. The van der Waals surface area contributed by atoms with Crippen LogP contribution in [0.5, 0.6) is 5.75 Å². The molecule has 0 saturated carbocycles. The van der Waals surface area contributed by atoms with Crippen LogP contribution < -0.4 is 15.8 Å². The summed E-state index contributed by atoms with van der Waals surface area (Å²) in [7, 11) is 1.20. The summed E-state index contributed by atoms with van der Waals surface area (Å²) < 4.78 is 42.8. The molecule has 7 nitrogen and oxygen atoms in total. The summed E-state index contributed by atoms with van der Waals surface area (Å²) in [6, 6.07) is 3.11. The Bertz CT molecular complexity index is 572. The summed E-state index contributed by atoms with van der Waals surface area (Å²) in [5.41, 5.74) is 1.11. The van der Waals surface area contributed by atoms with Crippen molar-refractivity contribution < 1.29 is 27.6 Å². The Morgan fingerprint density at radius 3 is 2.43 bits per heavy atom. The van der Waals surface area contributed by atoms with Gasteiger partial charge < -0.3 is 15.8 Å². The van der Waals surface area contributed by atoms with Crippen LogP contribution >= 0.6 is 0 Å². The molecule has 0 aromatic heterocycles.